The lowest BCUT2D eigenvalue weighted by molar-refractivity contribution is -0.141. The highest BCUT2D eigenvalue weighted by Crippen LogP contribution is 2.33. The minimum Gasteiger partial charge on any atom is -0.383 e. The van der Waals surface area contributed by atoms with Crippen LogP contribution in [-0.2, 0) is 6.18 Å². The van der Waals surface area contributed by atoms with Gasteiger partial charge in [-0.05, 0) is 30.9 Å². The van der Waals surface area contributed by atoms with Gasteiger partial charge >= 0.3 is 6.18 Å². The Morgan fingerprint density at radius 1 is 1.04 bits per heavy atom. The van der Waals surface area contributed by atoms with Crippen LogP contribution in [0.3, 0.4) is 0 Å². The van der Waals surface area contributed by atoms with Gasteiger partial charge in [0.05, 0.1) is 11.9 Å². The monoisotopic (exact) mass is 368 g/mol. The van der Waals surface area contributed by atoms with Crippen LogP contribution in [0, 0.1) is 0 Å². The quantitative estimate of drug-likeness (QED) is 0.843. The Morgan fingerprint density at radius 2 is 1.69 bits per heavy atom. The second kappa shape index (κ2) is 8.20. The van der Waals surface area contributed by atoms with E-state index in [-0.39, 0.29) is 11.9 Å². The molecule has 0 spiro atoms. The van der Waals surface area contributed by atoms with E-state index in [4.69, 9.17) is 11.5 Å². The molecule has 4 N–H and O–H groups in total. The molecule has 0 radical (unpaired) electrons. The SMILES string of the molecule is CC.Nc1ncc(C2CCN(c3ccc(C(F)(F)F)nc3)CC2)c(N)n1. The summed E-state index contributed by atoms with van der Waals surface area (Å²) in [7, 11) is 0. The van der Waals surface area contributed by atoms with Crippen molar-refractivity contribution >= 4 is 17.5 Å². The summed E-state index contributed by atoms with van der Waals surface area (Å²) in [5.74, 6) is 0.742. The van der Waals surface area contributed by atoms with Crippen LogP contribution in [0.25, 0.3) is 0 Å². The molecule has 3 rings (SSSR count). The number of piperidine rings is 1. The summed E-state index contributed by atoms with van der Waals surface area (Å²) >= 11 is 0. The van der Waals surface area contributed by atoms with E-state index >= 15 is 0 Å². The van der Waals surface area contributed by atoms with Gasteiger partial charge in [0.25, 0.3) is 0 Å². The van der Waals surface area contributed by atoms with E-state index in [2.05, 4.69) is 15.0 Å². The Balaban J connectivity index is 0.00000117. The van der Waals surface area contributed by atoms with Crippen molar-refractivity contribution in [1.82, 2.24) is 15.0 Å². The van der Waals surface area contributed by atoms with Gasteiger partial charge in [-0.25, -0.2) is 9.97 Å². The number of halogens is 3. The Morgan fingerprint density at radius 3 is 2.19 bits per heavy atom. The van der Waals surface area contributed by atoms with Gasteiger partial charge in [0, 0.05) is 24.8 Å². The molecule has 0 amide bonds. The first kappa shape index (κ1) is 19.7. The number of nitrogen functional groups attached to an aromatic ring is 2. The fraction of sp³-hybridized carbons (Fsp3) is 0.471. The fourth-order valence-electron chi connectivity index (χ4n) is 2.92. The van der Waals surface area contributed by atoms with Crippen LogP contribution in [0.5, 0.6) is 0 Å². The fourth-order valence-corrected chi connectivity index (χ4v) is 2.92. The second-order valence-corrected chi connectivity index (χ2v) is 5.73. The molecule has 1 aliphatic heterocycles. The smallest absolute Gasteiger partial charge is 0.383 e. The maximum absolute atomic E-state index is 12.6. The molecule has 0 unspecified atom stereocenters. The number of pyridine rings is 1. The first-order valence-corrected chi connectivity index (χ1v) is 8.50. The van der Waals surface area contributed by atoms with Gasteiger partial charge in [0.2, 0.25) is 5.95 Å². The highest BCUT2D eigenvalue weighted by atomic mass is 19.4. The van der Waals surface area contributed by atoms with Crippen molar-refractivity contribution in [1.29, 1.82) is 0 Å². The first-order chi connectivity index (χ1) is 12.3. The Labute approximate surface area is 150 Å². The van der Waals surface area contributed by atoms with E-state index in [1.54, 1.807) is 6.20 Å². The number of hydrogen-bond donors (Lipinski definition) is 2. The normalized spacial score (nSPS) is 15.3. The van der Waals surface area contributed by atoms with Crippen LogP contribution in [0.4, 0.5) is 30.6 Å². The molecule has 3 heterocycles. The number of nitrogens with two attached hydrogens (primary N) is 2. The van der Waals surface area contributed by atoms with Crippen molar-refractivity contribution < 1.29 is 13.2 Å². The summed E-state index contributed by atoms with van der Waals surface area (Å²) in [6, 6.07) is 2.46. The Bertz CT molecular complexity index is 709. The summed E-state index contributed by atoms with van der Waals surface area (Å²) in [6.07, 6.45) is 0.108. The van der Waals surface area contributed by atoms with E-state index in [9.17, 15) is 13.2 Å². The van der Waals surface area contributed by atoms with Crippen LogP contribution in [0.15, 0.2) is 24.5 Å². The van der Waals surface area contributed by atoms with Crippen LogP contribution in [0.1, 0.15) is 43.9 Å². The third-order valence-corrected chi connectivity index (χ3v) is 4.20. The van der Waals surface area contributed by atoms with Crippen molar-refractivity contribution in [2.24, 2.45) is 0 Å². The van der Waals surface area contributed by atoms with Crippen molar-refractivity contribution in [2.75, 3.05) is 29.5 Å². The van der Waals surface area contributed by atoms with Crippen LogP contribution >= 0.6 is 0 Å². The maximum Gasteiger partial charge on any atom is 0.433 e. The van der Waals surface area contributed by atoms with Crippen molar-refractivity contribution in [3.63, 3.8) is 0 Å². The topological polar surface area (TPSA) is 94.0 Å². The zero-order valence-electron chi connectivity index (χ0n) is 14.8. The lowest BCUT2D eigenvalue weighted by Gasteiger charge is -2.33. The van der Waals surface area contributed by atoms with Gasteiger partial charge < -0.3 is 16.4 Å². The van der Waals surface area contributed by atoms with E-state index < -0.39 is 11.9 Å². The predicted octanol–water partition coefficient (Wildman–Crippen LogP) is 3.47. The van der Waals surface area contributed by atoms with Gasteiger partial charge in [-0.1, -0.05) is 13.8 Å². The standard InChI is InChI=1S/C15H17F3N6.C2H6/c16-15(17,18)12-2-1-10(7-21-12)24-5-3-9(4-6-24)11-8-22-14(20)23-13(11)19;1-2/h1-2,7-9H,3-6H2,(H4,19,20,22,23);1-2H3. The number of aromatic nitrogens is 3. The van der Waals surface area contributed by atoms with Crippen molar-refractivity contribution in [2.45, 2.75) is 38.8 Å². The highest BCUT2D eigenvalue weighted by Gasteiger charge is 2.32. The van der Waals surface area contributed by atoms with Crippen LogP contribution in [0.2, 0.25) is 0 Å². The molecule has 142 valence electrons. The molecule has 0 atom stereocenters. The number of nitrogens with zero attached hydrogens (tertiary/aromatic N) is 4. The Kier molecular flexibility index (Phi) is 6.23. The average Bonchev–Trinajstić information content (AvgIpc) is 2.63. The molecule has 0 aliphatic carbocycles. The summed E-state index contributed by atoms with van der Waals surface area (Å²) in [5, 5.41) is 0. The van der Waals surface area contributed by atoms with E-state index in [1.807, 2.05) is 18.7 Å². The molecule has 1 aliphatic rings. The van der Waals surface area contributed by atoms with Gasteiger partial charge in [0.1, 0.15) is 11.5 Å². The zero-order valence-corrected chi connectivity index (χ0v) is 14.8. The molecule has 26 heavy (non-hydrogen) atoms. The molecule has 0 saturated carbocycles. The molecule has 2 aromatic rings. The maximum atomic E-state index is 12.6. The molecule has 1 fully saturated rings. The van der Waals surface area contributed by atoms with Crippen LogP contribution in [-0.4, -0.2) is 28.0 Å². The molecular formula is C17H23F3N6. The number of alkyl halides is 3. The summed E-state index contributed by atoms with van der Waals surface area (Å²) in [6.45, 7) is 5.39. The predicted molar refractivity (Wildman–Crippen MR) is 95.6 cm³/mol. The molecule has 2 aromatic heterocycles. The third kappa shape index (κ3) is 4.53. The molecule has 6 nitrogen and oxygen atoms in total. The highest BCUT2D eigenvalue weighted by molar-refractivity contribution is 5.47. The van der Waals surface area contributed by atoms with Crippen LogP contribution < -0.4 is 16.4 Å². The average molecular weight is 368 g/mol. The minimum atomic E-state index is -4.42. The lowest BCUT2D eigenvalue weighted by atomic mass is 9.90. The van der Waals surface area contributed by atoms with E-state index in [1.165, 1.54) is 12.3 Å². The second-order valence-electron chi connectivity index (χ2n) is 5.73. The van der Waals surface area contributed by atoms with E-state index in [0.29, 0.717) is 24.6 Å². The van der Waals surface area contributed by atoms with E-state index in [0.717, 1.165) is 24.5 Å². The third-order valence-electron chi connectivity index (χ3n) is 4.20. The largest absolute Gasteiger partial charge is 0.433 e. The minimum absolute atomic E-state index is 0.143. The molecular weight excluding hydrogens is 345 g/mol. The molecule has 1 saturated heterocycles. The van der Waals surface area contributed by atoms with Gasteiger partial charge in [-0.15, -0.1) is 0 Å². The van der Waals surface area contributed by atoms with Crippen molar-refractivity contribution in [3.05, 3.63) is 35.8 Å². The molecule has 0 bridgehead atoms. The number of hydrogen-bond acceptors (Lipinski definition) is 6. The lowest BCUT2D eigenvalue weighted by Crippen LogP contribution is -2.33. The van der Waals surface area contributed by atoms with Crippen molar-refractivity contribution in [3.8, 4) is 0 Å². The van der Waals surface area contributed by atoms with Gasteiger partial charge in [-0.2, -0.15) is 18.2 Å². The molecule has 0 aromatic carbocycles. The summed E-state index contributed by atoms with van der Waals surface area (Å²) in [5.41, 5.74) is 12.1. The zero-order chi connectivity index (χ0) is 19.3. The Hall–Kier alpha value is -2.58. The summed E-state index contributed by atoms with van der Waals surface area (Å²) in [4.78, 5) is 13.5. The summed E-state index contributed by atoms with van der Waals surface area (Å²) < 4.78 is 37.7. The number of rotatable bonds is 2. The van der Waals surface area contributed by atoms with Gasteiger partial charge in [-0.3, -0.25) is 0 Å². The van der Waals surface area contributed by atoms with Gasteiger partial charge in [0.15, 0.2) is 0 Å². The first-order valence-electron chi connectivity index (χ1n) is 8.50. The number of anilines is 3. The molecule has 9 heteroatoms.